The predicted molar refractivity (Wildman–Crippen MR) is 156 cm³/mol. The number of carbonyl (C=O) groups excluding carboxylic acids is 1. The quantitative estimate of drug-likeness (QED) is 0.268. The molecule has 5 aromatic rings. The molecule has 0 saturated heterocycles. The molecule has 3 heterocycles. The zero-order chi connectivity index (χ0) is 28.8. The monoisotopic (exact) mass is 548 g/mol. The van der Waals surface area contributed by atoms with Gasteiger partial charge in [0.1, 0.15) is 5.82 Å². The first-order valence-corrected chi connectivity index (χ1v) is 13.7. The fraction of sp³-hybridized carbons (Fsp3) is 0.258. The summed E-state index contributed by atoms with van der Waals surface area (Å²) in [5, 5.41) is 17.1. The van der Waals surface area contributed by atoms with E-state index in [4.69, 9.17) is 4.98 Å². The lowest BCUT2D eigenvalue weighted by atomic mass is 9.96. The lowest BCUT2D eigenvalue weighted by Crippen LogP contribution is -2.31. The molecule has 0 aliphatic carbocycles. The molecule has 0 spiro atoms. The van der Waals surface area contributed by atoms with Crippen LogP contribution in [-0.2, 0) is 19.4 Å². The number of hydrogen-bond acceptors (Lipinski definition) is 7. The first-order chi connectivity index (χ1) is 20.0. The standard InChI is InChI=1S/C31H32N8O2/c1-4-5-12-27-26(31(41)39(20(2)34-27)19-28-25(30(40)32-3)11-8-17-33-28)18-21-13-15-22(16-14-21)23-9-6-7-10-24(23)29-35-37-38-36-29/h6-11,13-17H,4-5,12,18-19H2,1-3H3,(H,32,40)(H,35,36,37,38). The molecule has 0 aliphatic rings. The second kappa shape index (κ2) is 12.5. The number of aromatic nitrogens is 7. The second-order valence-corrected chi connectivity index (χ2v) is 9.81. The Morgan fingerprint density at radius 3 is 2.49 bits per heavy atom. The first kappa shape index (κ1) is 27.6. The molecule has 5 rings (SSSR count). The summed E-state index contributed by atoms with van der Waals surface area (Å²) in [6, 6.07) is 19.5. The van der Waals surface area contributed by atoms with E-state index in [1.807, 2.05) is 55.5 Å². The molecule has 10 heteroatoms. The number of benzene rings is 2. The van der Waals surface area contributed by atoms with Crippen LogP contribution in [0.25, 0.3) is 22.5 Å². The van der Waals surface area contributed by atoms with Gasteiger partial charge in [0.15, 0.2) is 0 Å². The fourth-order valence-corrected chi connectivity index (χ4v) is 4.94. The smallest absolute Gasteiger partial charge is 0.257 e. The van der Waals surface area contributed by atoms with E-state index in [0.29, 0.717) is 34.9 Å². The average molecular weight is 549 g/mol. The summed E-state index contributed by atoms with van der Waals surface area (Å²) in [6.45, 7) is 4.12. The van der Waals surface area contributed by atoms with Crippen LogP contribution in [0.2, 0.25) is 0 Å². The number of nitrogens with one attached hydrogen (secondary N) is 2. The number of carbonyl (C=O) groups is 1. The molecule has 10 nitrogen and oxygen atoms in total. The summed E-state index contributed by atoms with van der Waals surface area (Å²) in [4.78, 5) is 35.7. The third-order valence-electron chi connectivity index (χ3n) is 7.14. The maximum atomic E-state index is 14.0. The van der Waals surface area contributed by atoms with Gasteiger partial charge in [0.05, 0.1) is 23.5 Å². The Bertz CT molecular complexity index is 1710. The van der Waals surface area contributed by atoms with Crippen LogP contribution in [-0.4, -0.2) is 48.1 Å². The van der Waals surface area contributed by atoms with Crippen molar-refractivity contribution in [2.75, 3.05) is 7.05 Å². The highest BCUT2D eigenvalue weighted by atomic mass is 16.1. The topological polar surface area (TPSA) is 131 Å². The van der Waals surface area contributed by atoms with Gasteiger partial charge in [-0.05, 0) is 53.8 Å². The molecular formula is C31H32N8O2. The molecule has 208 valence electrons. The molecule has 0 radical (unpaired) electrons. The molecule has 0 bridgehead atoms. The van der Waals surface area contributed by atoms with E-state index in [1.54, 1.807) is 29.9 Å². The average Bonchev–Trinajstić information content (AvgIpc) is 3.55. The Labute approximate surface area is 237 Å². The Hall–Kier alpha value is -4.99. The van der Waals surface area contributed by atoms with Crippen molar-refractivity contribution in [3.63, 3.8) is 0 Å². The Balaban J connectivity index is 1.49. The lowest BCUT2D eigenvalue weighted by Gasteiger charge is -2.16. The van der Waals surface area contributed by atoms with Gasteiger partial charge in [-0.3, -0.25) is 19.1 Å². The largest absolute Gasteiger partial charge is 0.355 e. The first-order valence-electron chi connectivity index (χ1n) is 13.7. The number of nitrogens with zero attached hydrogens (tertiary/aromatic N) is 6. The van der Waals surface area contributed by atoms with Gasteiger partial charge >= 0.3 is 0 Å². The minimum Gasteiger partial charge on any atom is -0.355 e. The highest BCUT2D eigenvalue weighted by molar-refractivity contribution is 5.95. The maximum absolute atomic E-state index is 14.0. The molecule has 0 fully saturated rings. The van der Waals surface area contributed by atoms with Gasteiger partial charge in [0.2, 0.25) is 5.82 Å². The van der Waals surface area contributed by atoms with E-state index in [-0.39, 0.29) is 18.0 Å². The molecule has 0 atom stereocenters. The van der Waals surface area contributed by atoms with Crippen LogP contribution in [0.4, 0.5) is 0 Å². The number of unbranched alkanes of at least 4 members (excludes halogenated alkanes) is 1. The third-order valence-corrected chi connectivity index (χ3v) is 7.14. The number of pyridine rings is 1. The van der Waals surface area contributed by atoms with Crippen LogP contribution in [0.1, 0.15) is 58.5 Å². The zero-order valence-electron chi connectivity index (χ0n) is 23.4. The molecule has 0 aliphatic heterocycles. The van der Waals surface area contributed by atoms with E-state index < -0.39 is 0 Å². The van der Waals surface area contributed by atoms with Gasteiger partial charge in [-0.15, -0.1) is 10.2 Å². The van der Waals surface area contributed by atoms with Gasteiger partial charge in [0, 0.05) is 30.8 Å². The minimum absolute atomic E-state index is 0.108. The molecule has 1 amide bonds. The SMILES string of the molecule is CCCCc1nc(C)n(Cc2ncccc2C(=O)NC)c(=O)c1Cc1ccc(-c2ccccc2-c2nn[nH]n2)cc1. The van der Waals surface area contributed by atoms with Gasteiger partial charge in [-0.2, -0.15) is 5.21 Å². The van der Waals surface area contributed by atoms with Crippen LogP contribution in [0.5, 0.6) is 0 Å². The van der Waals surface area contributed by atoms with E-state index >= 15 is 0 Å². The summed E-state index contributed by atoms with van der Waals surface area (Å²) in [5.74, 6) is 0.892. The maximum Gasteiger partial charge on any atom is 0.257 e. The summed E-state index contributed by atoms with van der Waals surface area (Å²) in [5.41, 5.74) is 6.23. The Morgan fingerprint density at radius 1 is 1.00 bits per heavy atom. The van der Waals surface area contributed by atoms with Crippen molar-refractivity contribution in [3.05, 3.63) is 111 Å². The molecule has 2 N–H and O–H groups in total. The third kappa shape index (κ3) is 5.96. The highest BCUT2D eigenvalue weighted by Gasteiger charge is 2.19. The molecular weight excluding hydrogens is 516 g/mol. The molecule has 0 unspecified atom stereocenters. The minimum atomic E-state index is -0.243. The van der Waals surface area contributed by atoms with Crippen molar-refractivity contribution in [1.29, 1.82) is 0 Å². The summed E-state index contributed by atoms with van der Waals surface area (Å²) >= 11 is 0. The number of amides is 1. The van der Waals surface area contributed by atoms with Crippen LogP contribution >= 0.6 is 0 Å². The van der Waals surface area contributed by atoms with Crippen molar-refractivity contribution in [1.82, 2.24) is 40.5 Å². The van der Waals surface area contributed by atoms with E-state index in [2.05, 4.69) is 37.8 Å². The number of H-pyrrole nitrogens is 1. The van der Waals surface area contributed by atoms with Gasteiger partial charge in [0.25, 0.3) is 11.5 Å². The van der Waals surface area contributed by atoms with E-state index in [0.717, 1.165) is 47.2 Å². The number of hydrogen-bond donors (Lipinski definition) is 2. The highest BCUT2D eigenvalue weighted by Crippen LogP contribution is 2.30. The predicted octanol–water partition coefficient (Wildman–Crippen LogP) is 4.14. The zero-order valence-corrected chi connectivity index (χ0v) is 23.4. The molecule has 3 aromatic heterocycles. The van der Waals surface area contributed by atoms with Crippen molar-refractivity contribution >= 4 is 5.91 Å². The second-order valence-electron chi connectivity index (χ2n) is 9.81. The molecule has 0 saturated carbocycles. The normalized spacial score (nSPS) is 11.0. The summed E-state index contributed by atoms with van der Waals surface area (Å²) < 4.78 is 1.62. The van der Waals surface area contributed by atoms with Gasteiger partial charge in [-0.25, -0.2) is 4.98 Å². The fourth-order valence-electron chi connectivity index (χ4n) is 4.94. The number of rotatable bonds is 10. The van der Waals surface area contributed by atoms with Crippen LogP contribution < -0.4 is 10.9 Å². The van der Waals surface area contributed by atoms with Crippen LogP contribution in [0.15, 0.2) is 71.7 Å². The Kier molecular flexibility index (Phi) is 8.38. The number of tetrazole rings is 1. The number of aryl methyl sites for hydroxylation is 2. The van der Waals surface area contributed by atoms with Crippen LogP contribution in [0, 0.1) is 6.92 Å². The van der Waals surface area contributed by atoms with Crippen LogP contribution in [0.3, 0.4) is 0 Å². The summed E-state index contributed by atoms with van der Waals surface area (Å²) in [7, 11) is 1.58. The summed E-state index contributed by atoms with van der Waals surface area (Å²) in [6.07, 6.45) is 4.75. The number of aromatic amines is 1. The molecule has 41 heavy (non-hydrogen) atoms. The van der Waals surface area contributed by atoms with Crippen molar-refractivity contribution in [3.8, 4) is 22.5 Å². The van der Waals surface area contributed by atoms with Gasteiger partial charge < -0.3 is 5.32 Å². The lowest BCUT2D eigenvalue weighted by molar-refractivity contribution is 0.0961. The van der Waals surface area contributed by atoms with Crippen molar-refractivity contribution < 1.29 is 4.79 Å². The van der Waals surface area contributed by atoms with E-state index in [9.17, 15) is 9.59 Å². The Morgan fingerprint density at radius 2 is 1.78 bits per heavy atom. The van der Waals surface area contributed by atoms with Gasteiger partial charge in [-0.1, -0.05) is 61.9 Å². The van der Waals surface area contributed by atoms with Crippen molar-refractivity contribution in [2.24, 2.45) is 0 Å². The van der Waals surface area contributed by atoms with Crippen molar-refractivity contribution in [2.45, 2.75) is 46.1 Å². The van der Waals surface area contributed by atoms with E-state index in [1.165, 1.54) is 0 Å². The molecule has 2 aromatic carbocycles.